The zero-order valence-electron chi connectivity index (χ0n) is 8.33. The van der Waals surface area contributed by atoms with Crippen molar-refractivity contribution in [2.24, 2.45) is 0 Å². The van der Waals surface area contributed by atoms with Gasteiger partial charge in [-0.05, 0) is 22.0 Å². The molecule has 2 fully saturated rings. The monoisotopic (exact) mass is 282 g/mol. The highest BCUT2D eigenvalue weighted by Gasteiger charge is 2.70. The van der Waals surface area contributed by atoms with Crippen LogP contribution < -0.4 is 0 Å². The van der Waals surface area contributed by atoms with E-state index in [1.54, 1.807) is 0 Å². The predicted molar refractivity (Wildman–Crippen MR) is 58.1 cm³/mol. The van der Waals surface area contributed by atoms with Gasteiger partial charge in [-0.25, -0.2) is 15.9 Å². The molecule has 0 atom stereocenters. The Bertz CT molecular complexity index is 499. The molecular weight excluding hydrogens is 275 g/mol. The molecule has 1 saturated carbocycles. The maximum atomic E-state index is 13.7. The van der Waals surface area contributed by atoms with Gasteiger partial charge >= 0.3 is 0 Å². The third-order valence-corrected chi connectivity index (χ3v) is 3.68. The molecule has 16 heavy (non-hydrogen) atoms. The third kappa shape index (κ3) is 1.30. The summed E-state index contributed by atoms with van der Waals surface area (Å²) in [6, 6.07) is 1.36. The first-order valence-electron chi connectivity index (χ1n) is 4.93. The topological polar surface area (TPSA) is 29.8 Å². The van der Waals surface area contributed by atoms with Crippen LogP contribution in [0.25, 0.3) is 4.85 Å². The van der Waals surface area contributed by atoms with Crippen molar-refractivity contribution in [3.05, 3.63) is 39.7 Å². The molecule has 1 spiro atoms. The van der Waals surface area contributed by atoms with Crippen LogP contribution >= 0.6 is 15.9 Å². The Kier molecular flexibility index (Phi) is 1.92. The molecule has 3 nitrogen and oxygen atoms in total. The molecule has 0 unspecified atom stereocenters. The minimum absolute atomic E-state index is 0.133. The van der Waals surface area contributed by atoms with E-state index in [2.05, 4.69) is 25.8 Å². The highest BCUT2D eigenvalue weighted by atomic mass is 79.9. The largest absolute Gasteiger partial charge is 0.369 e. The lowest BCUT2D eigenvalue weighted by Crippen LogP contribution is -2.46. The van der Waals surface area contributed by atoms with Crippen LogP contribution in [0.15, 0.2) is 16.7 Å². The number of aromatic nitrogens is 1. The fraction of sp³-hybridized carbons (Fsp3) is 0.455. The van der Waals surface area contributed by atoms with Gasteiger partial charge in [-0.1, -0.05) is 0 Å². The molecule has 3 rings (SSSR count). The number of epoxide rings is 1. The summed E-state index contributed by atoms with van der Waals surface area (Å²) in [6.07, 6.45) is 2.66. The van der Waals surface area contributed by atoms with Gasteiger partial charge in [0.05, 0.1) is 19.4 Å². The Balaban J connectivity index is 1.99. The maximum Gasteiger partial charge on any atom is 0.282 e. The molecule has 1 aliphatic heterocycles. The van der Waals surface area contributed by atoms with Gasteiger partial charge in [0.15, 0.2) is 11.5 Å². The number of halogens is 2. The first-order valence-corrected chi connectivity index (χ1v) is 5.73. The third-order valence-electron chi connectivity index (χ3n) is 3.24. The van der Waals surface area contributed by atoms with Crippen molar-refractivity contribution in [3.8, 4) is 0 Å². The molecule has 1 aromatic heterocycles. The minimum Gasteiger partial charge on any atom is -0.369 e. The Morgan fingerprint density at radius 3 is 2.75 bits per heavy atom. The fourth-order valence-electron chi connectivity index (χ4n) is 2.38. The van der Waals surface area contributed by atoms with Gasteiger partial charge in [0.2, 0.25) is 0 Å². The Morgan fingerprint density at radius 1 is 1.56 bits per heavy atom. The van der Waals surface area contributed by atoms with Crippen molar-refractivity contribution in [3.63, 3.8) is 0 Å². The summed E-state index contributed by atoms with van der Waals surface area (Å²) >= 11 is 3.15. The van der Waals surface area contributed by atoms with E-state index in [9.17, 15) is 4.39 Å². The molecule has 0 bridgehead atoms. The molecule has 0 N–H and O–H groups in total. The quantitative estimate of drug-likeness (QED) is 0.586. The summed E-state index contributed by atoms with van der Waals surface area (Å²) in [6.45, 7) is 7.95. The first kappa shape index (κ1) is 10.2. The van der Waals surface area contributed by atoms with E-state index in [0.717, 1.165) is 0 Å². The number of nitrogens with zero attached hydrogens (tertiary/aromatic N) is 2. The highest BCUT2D eigenvalue weighted by molar-refractivity contribution is 9.10. The van der Waals surface area contributed by atoms with Crippen molar-refractivity contribution in [2.45, 2.75) is 24.0 Å². The number of ether oxygens (including phenoxy) is 1. The molecule has 0 amide bonds. The summed E-state index contributed by atoms with van der Waals surface area (Å²) in [4.78, 5) is 7.62. The van der Waals surface area contributed by atoms with E-state index in [4.69, 9.17) is 11.3 Å². The van der Waals surface area contributed by atoms with Gasteiger partial charge in [0, 0.05) is 10.7 Å². The van der Waals surface area contributed by atoms with Gasteiger partial charge in [-0.3, -0.25) is 0 Å². The van der Waals surface area contributed by atoms with Gasteiger partial charge in [-0.2, -0.15) is 0 Å². The second kappa shape index (κ2) is 3.02. The van der Waals surface area contributed by atoms with Crippen LogP contribution in [0.5, 0.6) is 0 Å². The summed E-state index contributed by atoms with van der Waals surface area (Å²) in [5, 5.41) is 0. The molecule has 1 aliphatic carbocycles. The smallest absolute Gasteiger partial charge is 0.282 e. The van der Waals surface area contributed by atoms with E-state index in [-0.39, 0.29) is 11.3 Å². The van der Waals surface area contributed by atoms with Gasteiger partial charge in [-0.15, -0.1) is 0 Å². The summed E-state index contributed by atoms with van der Waals surface area (Å²) in [5.41, 5.74) is -0.681. The van der Waals surface area contributed by atoms with E-state index in [1.165, 1.54) is 12.3 Å². The van der Waals surface area contributed by atoms with Crippen LogP contribution in [-0.4, -0.2) is 17.2 Å². The summed E-state index contributed by atoms with van der Waals surface area (Å²) < 4.78 is 19.6. The summed E-state index contributed by atoms with van der Waals surface area (Å²) in [5.74, 6) is -0.416. The van der Waals surface area contributed by atoms with Gasteiger partial charge in [0.25, 0.3) is 5.54 Å². The molecule has 0 radical (unpaired) electrons. The van der Waals surface area contributed by atoms with E-state index >= 15 is 0 Å². The fourth-order valence-corrected chi connectivity index (χ4v) is 2.68. The Morgan fingerprint density at radius 2 is 2.25 bits per heavy atom. The number of pyridine rings is 1. The van der Waals surface area contributed by atoms with Crippen molar-refractivity contribution >= 4 is 15.9 Å². The minimum atomic E-state index is -0.804. The average Bonchev–Trinajstić information content (AvgIpc) is 2.95. The van der Waals surface area contributed by atoms with Crippen LogP contribution in [0.3, 0.4) is 0 Å². The van der Waals surface area contributed by atoms with Crippen molar-refractivity contribution in [1.82, 2.24) is 4.98 Å². The molecular formula is C11H8BrFN2O. The van der Waals surface area contributed by atoms with Crippen LogP contribution in [0.4, 0.5) is 4.39 Å². The number of rotatable bonds is 1. The standard InChI is InChI=1S/C11H8BrFN2O/c1-14-11(4-10(5-11)6-16-10)9-8(13)2-7(12)3-15-9/h2-3H,4-6H2. The van der Waals surface area contributed by atoms with E-state index < -0.39 is 11.4 Å². The first-order chi connectivity index (χ1) is 7.59. The molecule has 2 heterocycles. The molecule has 1 aromatic rings. The SMILES string of the molecule is [C-]#[N+]C1(c2ncc(Br)cc2F)CC2(CO2)C1. The normalized spacial score (nSPS) is 35.6. The molecule has 2 aliphatic rings. The molecule has 0 aromatic carbocycles. The lowest BCUT2D eigenvalue weighted by Gasteiger charge is -2.35. The van der Waals surface area contributed by atoms with E-state index in [0.29, 0.717) is 23.9 Å². The lowest BCUT2D eigenvalue weighted by atomic mass is 9.66. The zero-order chi connectivity index (χ0) is 11.4. The molecule has 5 heteroatoms. The van der Waals surface area contributed by atoms with Crippen molar-refractivity contribution < 1.29 is 9.13 Å². The molecule has 82 valence electrons. The van der Waals surface area contributed by atoms with Crippen molar-refractivity contribution in [1.29, 1.82) is 0 Å². The highest BCUT2D eigenvalue weighted by Crippen LogP contribution is 2.59. The molecule has 1 saturated heterocycles. The number of hydrogen-bond acceptors (Lipinski definition) is 2. The second-order valence-corrected chi connectivity index (χ2v) is 5.37. The Hall–Kier alpha value is -0.990. The lowest BCUT2D eigenvalue weighted by molar-refractivity contribution is 0.115. The van der Waals surface area contributed by atoms with E-state index in [1.807, 2.05) is 0 Å². The van der Waals surface area contributed by atoms with Crippen molar-refractivity contribution in [2.75, 3.05) is 6.61 Å². The van der Waals surface area contributed by atoms with Crippen LogP contribution in [0.2, 0.25) is 0 Å². The second-order valence-electron chi connectivity index (χ2n) is 4.45. The van der Waals surface area contributed by atoms with Crippen LogP contribution in [0, 0.1) is 12.4 Å². The predicted octanol–water partition coefficient (Wildman–Crippen LogP) is 2.66. The van der Waals surface area contributed by atoms with Gasteiger partial charge < -0.3 is 9.58 Å². The van der Waals surface area contributed by atoms with Gasteiger partial charge in [0.1, 0.15) is 5.60 Å². The average molecular weight is 283 g/mol. The zero-order valence-corrected chi connectivity index (χ0v) is 9.92. The maximum absolute atomic E-state index is 13.7. The Labute approximate surface area is 101 Å². The van der Waals surface area contributed by atoms with Crippen LogP contribution in [0.1, 0.15) is 18.5 Å². The summed E-state index contributed by atoms with van der Waals surface area (Å²) in [7, 11) is 0. The number of hydrogen-bond donors (Lipinski definition) is 0. The van der Waals surface area contributed by atoms with Crippen LogP contribution in [-0.2, 0) is 10.3 Å².